The molecule has 2 aromatic carbocycles. The van der Waals surface area contributed by atoms with Gasteiger partial charge in [0, 0.05) is 6.42 Å². The highest BCUT2D eigenvalue weighted by Gasteiger charge is 2.21. The molecule has 0 spiro atoms. The van der Waals surface area contributed by atoms with Gasteiger partial charge in [0.25, 0.3) is 0 Å². The first-order valence-corrected chi connectivity index (χ1v) is 8.87. The molecule has 0 aliphatic rings. The van der Waals surface area contributed by atoms with E-state index in [1.54, 1.807) is 0 Å². The summed E-state index contributed by atoms with van der Waals surface area (Å²) in [6.07, 6.45) is -0.362. The Bertz CT molecular complexity index is 651. The molecule has 0 aromatic heterocycles. The molecule has 6 nitrogen and oxygen atoms in total. The fourth-order valence-corrected chi connectivity index (χ4v) is 3.08. The Kier molecular flexibility index (Phi) is 7.49. The number of nitrogens with one attached hydrogen (secondary N) is 1. The highest BCUT2D eigenvalue weighted by molar-refractivity contribution is 7.40. The Labute approximate surface area is 141 Å². The quantitative estimate of drug-likeness (QED) is 0.565. The molecule has 1 amide bonds. The second-order valence-corrected chi connectivity index (χ2v) is 6.66. The molecular formula is C17H20NO5P. The van der Waals surface area contributed by atoms with Crippen molar-refractivity contribution in [3.8, 4) is 0 Å². The Hall–Kier alpha value is -2.14. The fourth-order valence-electron chi connectivity index (χ4n) is 2.11. The molecule has 7 heteroatoms. The third-order valence-corrected chi connectivity index (χ3v) is 4.61. The SMILES string of the molecule is O=C(NC(Cc1ccccc1)[PH](=O)OCO)OCc1ccccc1. The van der Waals surface area contributed by atoms with Crippen molar-refractivity contribution in [2.75, 3.05) is 6.79 Å². The van der Waals surface area contributed by atoms with Gasteiger partial charge in [0.2, 0.25) is 8.03 Å². The Morgan fingerprint density at radius 2 is 1.62 bits per heavy atom. The van der Waals surface area contributed by atoms with Crippen LogP contribution in [-0.4, -0.2) is 23.8 Å². The van der Waals surface area contributed by atoms with Gasteiger partial charge >= 0.3 is 6.09 Å². The summed E-state index contributed by atoms with van der Waals surface area (Å²) in [6, 6.07) is 18.5. The average molecular weight is 349 g/mol. The van der Waals surface area contributed by atoms with E-state index in [-0.39, 0.29) is 6.61 Å². The van der Waals surface area contributed by atoms with Crippen molar-refractivity contribution in [1.29, 1.82) is 0 Å². The van der Waals surface area contributed by atoms with Crippen LogP contribution in [0.15, 0.2) is 60.7 Å². The number of alkyl carbamates (subject to hydrolysis) is 1. The van der Waals surface area contributed by atoms with Crippen LogP contribution in [0.2, 0.25) is 0 Å². The standard InChI is InChI=1S/C17H20NO5P/c19-13-23-24(21)16(11-14-7-3-1-4-8-14)18-17(20)22-12-15-9-5-2-6-10-15/h1-10,16,19,24H,11-13H2,(H,18,20). The molecule has 2 atom stereocenters. The van der Waals surface area contributed by atoms with Gasteiger partial charge in [-0.25, -0.2) is 4.79 Å². The zero-order valence-electron chi connectivity index (χ0n) is 13.1. The highest BCUT2D eigenvalue weighted by Crippen LogP contribution is 2.30. The Balaban J connectivity index is 1.93. The number of ether oxygens (including phenoxy) is 1. The zero-order chi connectivity index (χ0) is 17.2. The van der Waals surface area contributed by atoms with Crippen molar-refractivity contribution in [3.05, 3.63) is 71.8 Å². The molecule has 0 radical (unpaired) electrons. The van der Waals surface area contributed by atoms with E-state index < -0.39 is 26.7 Å². The predicted molar refractivity (Wildman–Crippen MR) is 90.9 cm³/mol. The van der Waals surface area contributed by atoms with Crippen molar-refractivity contribution in [3.63, 3.8) is 0 Å². The van der Waals surface area contributed by atoms with E-state index in [0.717, 1.165) is 11.1 Å². The largest absolute Gasteiger partial charge is 0.445 e. The topological polar surface area (TPSA) is 84.9 Å². The number of aliphatic hydroxyl groups excluding tert-OH is 1. The summed E-state index contributed by atoms with van der Waals surface area (Å²) >= 11 is 0. The summed E-state index contributed by atoms with van der Waals surface area (Å²) in [5.41, 5.74) is 1.75. The van der Waals surface area contributed by atoms with Crippen molar-refractivity contribution in [2.24, 2.45) is 0 Å². The van der Waals surface area contributed by atoms with Crippen molar-refractivity contribution in [1.82, 2.24) is 5.32 Å². The number of hydrogen-bond acceptors (Lipinski definition) is 5. The van der Waals surface area contributed by atoms with Gasteiger partial charge in [-0.2, -0.15) is 0 Å². The molecule has 0 saturated carbocycles. The number of hydrogen-bond donors (Lipinski definition) is 2. The smallest absolute Gasteiger partial charge is 0.408 e. The lowest BCUT2D eigenvalue weighted by atomic mass is 10.1. The van der Waals surface area contributed by atoms with Gasteiger partial charge in [0.1, 0.15) is 12.4 Å². The monoisotopic (exact) mass is 349 g/mol. The predicted octanol–water partition coefficient (Wildman–Crippen LogP) is 2.92. The lowest BCUT2D eigenvalue weighted by Gasteiger charge is -2.18. The molecule has 0 aliphatic carbocycles. The van der Waals surface area contributed by atoms with Crippen molar-refractivity contribution >= 4 is 14.1 Å². The van der Waals surface area contributed by atoms with E-state index in [1.807, 2.05) is 60.7 Å². The molecule has 2 aromatic rings. The Morgan fingerprint density at radius 1 is 1.04 bits per heavy atom. The van der Waals surface area contributed by atoms with Gasteiger partial charge < -0.3 is 19.7 Å². The maximum absolute atomic E-state index is 12.1. The number of amides is 1. The molecule has 0 saturated heterocycles. The summed E-state index contributed by atoms with van der Waals surface area (Å²) in [4.78, 5) is 12.0. The minimum absolute atomic E-state index is 0.118. The first-order chi connectivity index (χ1) is 11.7. The summed E-state index contributed by atoms with van der Waals surface area (Å²) in [5.74, 6) is -0.757. The van der Waals surface area contributed by atoms with E-state index >= 15 is 0 Å². The Morgan fingerprint density at radius 3 is 2.21 bits per heavy atom. The van der Waals surface area contributed by atoms with Crippen LogP contribution in [0.4, 0.5) is 4.79 Å². The van der Waals surface area contributed by atoms with Gasteiger partial charge in [-0.05, 0) is 11.1 Å². The van der Waals surface area contributed by atoms with Crippen LogP contribution >= 0.6 is 8.03 Å². The second-order valence-electron chi connectivity index (χ2n) is 5.04. The zero-order valence-corrected chi connectivity index (χ0v) is 14.1. The van der Waals surface area contributed by atoms with E-state index in [1.165, 1.54) is 0 Å². The first kappa shape index (κ1) is 18.2. The molecule has 0 fully saturated rings. The summed E-state index contributed by atoms with van der Waals surface area (Å²) in [6.45, 7) is -0.545. The average Bonchev–Trinajstić information content (AvgIpc) is 2.61. The number of rotatable bonds is 8. The maximum Gasteiger partial charge on any atom is 0.408 e. The normalized spacial score (nSPS) is 13.0. The molecule has 2 unspecified atom stereocenters. The molecule has 0 aliphatic heterocycles. The van der Waals surface area contributed by atoms with Crippen molar-refractivity contribution < 1.29 is 23.7 Å². The summed E-state index contributed by atoms with van der Waals surface area (Å²) < 4.78 is 22.0. The van der Waals surface area contributed by atoms with E-state index in [4.69, 9.17) is 14.4 Å². The lowest BCUT2D eigenvalue weighted by Crippen LogP contribution is -2.34. The fraction of sp³-hybridized carbons (Fsp3) is 0.235. The van der Waals surface area contributed by atoms with Crippen molar-refractivity contribution in [2.45, 2.75) is 18.8 Å². The summed E-state index contributed by atoms with van der Waals surface area (Å²) in [7, 11) is -2.67. The molecule has 128 valence electrons. The number of aliphatic hydroxyl groups is 1. The van der Waals surface area contributed by atoms with Gasteiger partial charge in [0.05, 0.1) is 0 Å². The molecule has 2 N–H and O–H groups in total. The molecule has 2 rings (SSSR count). The van der Waals surface area contributed by atoms with Gasteiger partial charge in [-0.15, -0.1) is 0 Å². The molecular weight excluding hydrogens is 329 g/mol. The van der Waals surface area contributed by atoms with Crippen LogP contribution in [0.3, 0.4) is 0 Å². The highest BCUT2D eigenvalue weighted by atomic mass is 31.1. The van der Waals surface area contributed by atoms with Crippen LogP contribution in [0.5, 0.6) is 0 Å². The minimum atomic E-state index is -2.67. The number of carbonyl (C=O) groups excluding carboxylic acids is 1. The third kappa shape index (κ3) is 6.16. The third-order valence-electron chi connectivity index (χ3n) is 3.28. The van der Waals surface area contributed by atoms with Crippen LogP contribution in [0.25, 0.3) is 0 Å². The van der Waals surface area contributed by atoms with E-state index in [0.29, 0.717) is 6.42 Å². The van der Waals surface area contributed by atoms with Crippen LogP contribution in [-0.2, 0) is 26.9 Å². The van der Waals surface area contributed by atoms with E-state index in [2.05, 4.69) is 5.32 Å². The first-order valence-electron chi connectivity index (χ1n) is 7.47. The van der Waals surface area contributed by atoms with Crippen LogP contribution < -0.4 is 5.32 Å². The lowest BCUT2D eigenvalue weighted by molar-refractivity contribution is 0.103. The van der Waals surface area contributed by atoms with Gasteiger partial charge in [0.15, 0.2) is 6.79 Å². The molecule has 0 heterocycles. The van der Waals surface area contributed by atoms with Crippen LogP contribution in [0.1, 0.15) is 11.1 Å². The summed E-state index contributed by atoms with van der Waals surface area (Å²) in [5, 5.41) is 11.4. The molecule has 24 heavy (non-hydrogen) atoms. The molecule has 0 bridgehead atoms. The van der Waals surface area contributed by atoms with Gasteiger partial charge in [-0.1, -0.05) is 60.7 Å². The number of benzene rings is 2. The maximum atomic E-state index is 12.1. The van der Waals surface area contributed by atoms with E-state index in [9.17, 15) is 9.36 Å². The second kappa shape index (κ2) is 9.88. The van der Waals surface area contributed by atoms with Gasteiger partial charge in [-0.3, -0.25) is 4.57 Å². The number of carbonyl (C=O) groups is 1. The minimum Gasteiger partial charge on any atom is -0.445 e. The van der Waals surface area contributed by atoms with Crippen LogP contribution in [0, 0.1) is 0 Å².